The van der Waals surface area contributed by atoms with E-state index in [1.54, 1.807) is 0 Å². The lowest BCUT2D eigenvalue weighted by atomic mass is 10.2. The lowest BCUT2D eigenvalue weighted by molar-refractivity contribution is 0.0188. The second-order valence-electron chi connectivity index (χ2n) is 3.80. The number of carbonyl (C=O) groups excluding carboxylic acids is 1. The zero-order valence-electron chi connectivity index (χ0n) is 10.5. The summed E-state index contributed by atoms with van der Waals surface area (Å²) in [6.45, 7) is -0.781. The van der Waals surface area contributed by atoms with E-state index in [2.05, 4.69) is 26.0 Å². The van der Waals surface area contributed by atoms with Gasteiger partial charge >= 0.3 is 0 Å². The van der Waals surface area contributed by atoms with Crippen molar-refractivity contribution in [2.24, 2.45) is 0 Å². The van der Waals surface area contributed by atoms with Crippen molar-refractivity contribution in [3.63, 3.8) is 0 Å². The first-order valence-corrected chi connectivity index (χ1v) is 8.70. The molecule has 0 spiro atoms. The number of alkyl halides is 2. The van der Waals surface area contributed by atoms with Crippen LogP contribution in [0.2, 0.25) is 0 Å². The molecule has 0 fully saturated rings. The highest BCUT2D eigenvalue weighted by Gasteiger charge is 2.16. The smallest absolute Gasteiger partial charge is 0.261 e. The third kappa shape index (κ3) is 6.25. The Bertz CT molecular complexity index is 612. The Morgan fingerprint density at radius 2 is 2.10 bits per heavy atom. The van der Waals surface area contributed by atoms with Gasteiger partial charge in [0, 0.05) is 21.7 Å². The monoisotopic (exact) mass is 405 g/mol. The van der Waals surface area contributed by atoms with Crippen LogP contribution in [0.5, 0.6) is 0 Å². The third-order valence-electron chi connectivity index (χ3n) is 2.24. The number of halogens is 4. The number of amides is 1. The van der Waals surface area contributed by atoms with Crippen molar-refractivity contribution in [2.45, 2.75) is 11.3 Å². The molecule has 0 unspecified atom stereocenters. The average Bonchev–Trinajstić information content (AvgIpc) is 2.36. The molecule has 1 amide bonds. The van der Waals surface area contributed by atoms with Crippen LogP contribution in [0.1, 0.15) is 10.4 Å². The van der Waals surface area contributed by atoms with Crippen molar-refractivity contribution in [1.29, 1.82) is 0 Å². The van der Waals surface area contributed by atoms with Crippen molar-refractivity contribution in [3.8, 4) is 0 Å². The van der Waals surface area contributed by atoms with Crippen LogP contribution >= 0.6 is 26.6 Å². The summed E-state index contributed by atoms with van der Waals surface area (Å²) in [5.74, 6) is -0.579. The number of nitrogens with one attached hydrogen (secondary N) is 1. The van der Waals surface area contributed by atoms with Gasteiger partial charge in [-0.15, -0.1) is 0 Å². The number of benzene rings is 1. The molecule has 0 aliphatic heterocycles. The Morgan fingerprint density at radius 3 is 2.67 bits per heavy atom. The predicted molar refractivity (Wildman–Crippen MR) is 76.3 cm³/mol. The standard InChI is InChI=1S/C11H11BrClF2NO4S/c12-9-2-1-7(21(13,18)19)5-8(9)11(17)16-3-4-20-6-10(14)15/h1-2,5,10H,3-4,6H2,(H,16,17). The Labute approximate surface area is 133 Å². The summed E-state index contributed by atoms with van der Waals surface area (Å²) in [7, 11) is 1.25. The lowest BCUT2D eigenvalue weighted by Gasteiger charge is -2.08. The van der Waals surface area contributed by atoms with Crippen molar-refractivity contribution in [2.75, 3.05) is 19.8 Å². The molecule has 0 atom stereocenters. The summed E-state index contributed by atoms with van der Waals surface area (Å²) in [4.78, 5) is 11.6. The van der Waals surface area contributed by atoms with Gasteiger partial charge in [0.2, 0.25) is 0 Å². The second-order valence-corrected chi connectivity index (χ2v) is 7.22. The minimum atomic E-state index is -3.95. The SMILES string of the molecule is O=C(NCCOCC(F)F)c1cc(S(=O)(=O)Cl)ccc1Br. The fraction of sp³-hybridized carbons (Fsp3) is 0.364. The zero-order valence-corrected chi connectivity index (χ0v) is 13.6. The first-order chi connectivity index (χ1) is 9.71. The molecule has 0 radical (unpaired) electrons. The topological polar surface area (TPSA) is 72.5 Å². The van der Waals surface area contributed by atoms with E-state index in [1.165, 1.54) is 12.1 Å². The van der Waals surface area contributed by atoms with Gasteiger partial charge in [0.25, 0.3) is 21.4 Å². The minimum Gasteiger partial charge on any atom is -0.374 e. The first kappa shape index (κ1) is 18.3. The quantitative estimate of drug-likeness (QED) is 0.557. The van der Waals surface area contributed by atoms with E-state index < -0.39 is 28.0 Å². The molecule has 1 rings (SSSR count). The van der Waals surface area contributed by atoms with Crippen molar-refractivity contribution >= 4 is 41.6 Å². The fourth-order valence-electron chi connectivity index (χ4n) is 1.33. The molecular formula is C11H11BrClF2NO4S. The molecule has 0 heterocycles. The van der Waals surface area contributed by atoms with E-state index in [9.17, 15) is 22.0 Å². The van der Waals surface area contributed by atoms with Crippen molar-refractivity contribution in [3.05, 3.63) is 28.2 Å². The van der Waals surface area contributed by atoms with Gasteiger partial charge in [-0.3, -0.25) is 4.79 Å². The van der Waals surface area contributed by atoms with Gasteiger partial charge in [-0.2, -0.15) is 0 Å². The number of hydrogen-bond acceptors (Lipinski definition) is 4. The highest BCUT2D eigenvalue weighted by Crippen LogP contribution is 2.23. The van der Waals surface area contributed by atoms with Gasteiger partial charge < -0.3 is 10.1 Å². The lowest BCUT2D eigenvalue weighted by Crippen LogP contribution is -2.28. The van der Waals surface area contributed by atoms with Gasteiger partial charge in [-0.1, -0.05) is 0 Å². The highest BCUT2D eigenvalue weighted by atomic mass is 79.9. The Hall–Kier alpha value is -0.770. The summed E-state index contributed by atoms with van der Waals surface area (Å²) >= 11 is 3.11. The molecule has 0 saturated carbocycles. The molecule has 0 aromatic heterocycles. The van der Waals surface area contributed by atoms with E-state index in [0.717, 1.165) is 6.07 Å². The maximum absolute atomic E-state index is 11.9. The van der Waals surface area contributed by atoms with Crippen molar-refractivity contribution in [1.82, 2.24) is 5.32 Å². The molecular weight excluding hydrogens is 396 g/mol. The summed E-state index contributed by atoms with van der Waals surface area (Å²) in [6.07, 6.45) is -2.57. The van der Waals surface area contributed by atoms with Crippen LogP contribution in [-0.4, -0.2) is 40.5 Å². The normalized spacial score (nSPS) is 11.7. The number of ether oxygens (including phenoxy) is 1. The summed E-state index contributed by atoms with van der Waals surface area (Å²) < 4.78 is 51.0. The van der Waals surface area contributed by atoms with E-state index in [1.807, 2.05) is 0 Å². The summed E-state index contributed by atoms with van der Waals surface area (Å²) in [5.41, 5.74) is 0.0607. The molecule has 5 nitrogen and oxygen atoms in total. The van der Waals surface area contributed by atoms with Gasteiger partial charge in [0.1, 0.15) is 6.61 Å². The van der Waals surface area contributed by atoms with E-state index in [4.69, 9.17) is 10.7 Å². The number of rotatable bonds is 7. The maximum atomic E-state index is 11.9. The molecule has 0 aliphatic rings. The second kappa shape index (κ2) is 8.02. The molecule has 10 heteroatoms. The number of carbonyl (C=O) groups is 1. The van der Waals surface area contributed by atoms with Crippen LogP contribution in [0.4, 0.5) is 8.78 Å². The fourth-order valence-corrected chi connectivity index (χ4v) is 2.54. The molecule has 118 valence electrons. The molecule has 0 bridgehead atoms. The van der Waals surface area contributed by atoms with E-state index >= 15 is 0 Å². The van der Waals surface area contributed by atoms with Crippen LogP contribution in [0.15, 0.2) is 27.6 Å². The van der Waals surface area contributed by atoms with Gasteiger partial charge in [-0.05, 0) is 34.1 Å². The van der Waals surface area contributed by atoms with Crippen LogP contribution in [0.25, 0.3) is 0 Å². The summed E-state index contributed by atoms with van der Waals surface area (Å²) in [6, 6.07) is 3.73. The molecule has 1 aromatic carbocycles. The van der Waals surface area contributed by atoms with Crippen LogP contribution in [0.3, 0.4) is 0 Å². The Kier molecular flexibility index (Phi) is 6.98. The largest absolute Gasteiger partial charge is 0.374 e. The van der Waals surface area contributed by atoms with Gasteiger partial charge in [0.05, 0.1) is 17.1 Å². The molecule has 1 N–H and O–H groups in total. The van der Waals surface area contributed by atoms with Crippen LogP contribution in [-0.2, 0) is 13.8 Å². The minimum absolute atomic E-state index is 0.00977. The zero-order chi connectivity index (χ0) is 16.0. The van der Waals surface area contributed by atoms with Crippen LogP contribution < -0.4 is 5.32 Å². The van der Waals surface area contributed by atoms with Crippen LogP contribution in [0, 0.1) is 0 Å². The predicted octanol–water partition coefficient (Wildman–Crippen LogP) is 2.39. The van der Waals surface area contributed by atoms with E-state index in [0.29, 0.717) is 4.47 Å². The van der Waals surface area contributed by atoms with Gasteiger partial charge in [0.15, 0.2) is 0 Å². The Morgan fingerprint density at radius 1 is 1.43 bits per heavy atom. The van der Waals surface area contributed by atoms with Gasteiger partial charge in [-0.25, -0.2) is 17.2 Å². The third-order valence-corrected chi connectivity index (χ3v) is 4.28. The first-order valence-electron chi connectivity index (χ1n) is 5.60. The maximum Gasteiger partial charge on any atom is 0.261 e. The molecule has 0 saturated heterocycles. The molecule has 1 aromatic rings. The van der Waals surface area contributed by atoms with E-state index in [-0.39, 0.29) is 23.6 Å². The summed E-state index contributed by atoms with van der Waals surface area (Å²) in [5, 5.41) is 2.42. The molecule has 0 aliphatic carbocycles. The highest BCUT2D eigenvalue weighted by molar-refractivity contribution is 9.10. The van der Waals surface area contributed by atoms with Crippen molar-refractivity contribution < 1.29 is 26.7 Å². The number of hydrogen-bond donors (Lipinski definition) is 1. The molecule has 21 heavy (non-hydrogen) atoms. The average molecular weight is 407 g/mol. The Balaban J connectivity index is 2.66.